The van der Waals surface area contributed by atoms with Gasteiger partial charge in [-0.05, 0) is 35.0 Å². The summed E-state index contributed by atoms with van der Waals surface area (Å²) in [5.74, 6) is 1.02. The highest BCUT2D eigenvalue weighted by Crippen LogP contribution is 2.31. The van der Waals surface area contributed by atoms with Gasteiger partial charge in [-0.3, -0.25) is 4.79 Å². The van der Waals surface area contributed by atoms with Gasteiger partial charge in [-0.25, -0.2) is 8.42 Å². The summed E-state index contributed by atoms with van der Waals surface area (Å²) >= 11 is 1.50. The Hall–Kier alpha value is -2.75. The molecule has 0 saturated carbocycles. The Morgan fingerprint density at radius 1 is 0.909 bits per heavy atom. The Labute approximate surface area is 198 Å². The molecule has 0 radical (unpaired) electrons. The molecule has 0 unspecified atom stereocenters. The first-order chi connectivity index (χ1) is 15.9. The van der Waals surface area contributed by atoms with Crippen LogP contribution in [0.15, 0.2) is 70.5 Å². The van der Waals surface area contributed by atoms with E-state index in [0.717, 1.165) is 15.7 Å². The fourth-order valence-electron chi connectivity index (χ4n) is 3.80. The number of carbonyl (C=O) groups excluding carboxylic acids is 1. The van der Waals surface area contributed by atoms with Crippen molar-refractivity contribution < 1.29 is 22.7 Å². The van der Waals surface area contributed by atoms with Crippen LogP contribution in [-0.4, -0.2) is 69.7 Å². The number of carbonyl (C=O) groups is 1. The molecule has 33 heavy (non-hydrogen) atoms. The molecular formula is C24H26N2O5S2. The molecule has 0 aromatic heterocycles. The summed E-state index contributed by atoms with van der Waals surface area (Å²) < 4.78 is 38.3. The number of hydrogen-bond donors (Lipinski definition) is 0. The highest BCUT2D eigenvalue weighted by molar-refractivity contribution is 8.00. The van der Waals surface area contributed by atoms with Gasteiger partial charge >= 0.3 is 0 Å². The van der Waals surface area contributed by atoms with Gasteiger partial charge in [0, 0.05) is 37.1 Å². The van der Waals surface area contributed by atoms with Crippen molar-refractivity contribution in [3.05, 3.63) is 60.7 Å². The second-order valence-corrected chi connectivity index (χ2v) is 10.6. The van der Waals surface area contributed by atoms with Crippen LogP contribution in [0.3, 0.4) is 0 Å². The van der Waals surface area contributed by atoms with Crippen molar-refractivity contribution in [3.63, 3.8) is 0 Å². The smallest absolute Gasteiger partial charge is 0.247 e. The van der Waals surface area contributed by atoms with Gasteiger partial charge in [-0.2, -0.15) is 4.31 Å². The standard InChI is InChI=1S/C24H26N2O5S2/c1-30-20-8-10-22(31-2)23(16-20)33(28,29)26-13-11-25(12-14-26)24(27)17-32-21-9-7-18-5-3-4-6-19(18)15-21/h3-10,15-16H,11-14,17H2,1-2H3. The summed E-state index contributed by atoms with van der Waals surface area (Å²) in [5.41, 5.74) is 0. The first kappa shape index (κ1) is 23.4. The fourth-order valence-corrected chi connectivity index (χ4v) is 6.24. The molecule has 4 rings (SSSR count). The summed E-state index contributed by atoms with van der Waals surface area (Å²) in [4.78, 5) is 15.6. The predicted molar refractivity (Wildman–Crippen MR) is 130 cm³/mol. The second kappa shape index (κ2) is 10.0. The number of hydrogen-bond acceptors (Lipinski definition) is 6. The average Bonchev–Trinajstić information content (AvgIpc) is 2.86. The molecule has 0 spiro atoms. The third kappa shape index (κ3) is 5.10. The fraction of sp³-hybridized carbons (Fsp3) is 0.292. The maximum absolute atomic E-state index is 13.2. The lowest BCUT2D eigenvalue weighted by Crippen LogP contribution is -2.51. The molecule has 0 N–H and O–H groups in total. The van der Waals surface area contributed by atoms with Gasteiger partial charge in [-0.15, -0.1) is 11.8 Å². The van der Waals surface area contributed by atoms with Crippen molar-refractivity contribution in [1.82, 2.24) is 9.21 Å². The Kier molecular flexibility index (Phi) is 7.11. The first-order valence-electron chi connectivity index (χ1n) is 10.5. The minimum atomic E-state index is -3.78. The molecule has 3 aromatic rings. The molecule has 9 heteroatoms. The summed E-state index contributed by atoms with van der Waals surface area (Å²) in [5, 5.41) is 2.31. The molecule has 174 valence electrons. The van der Waals surface area contributed by atoms with Gasteiger partial charge in [0.15, 0.2) is 0 Å². The molecule has 1 aliphatic heterocycles. The monoisotopic (exact) mass is 486 g/mol. The van der Waals surface area contributed by atoms with Gasteiger partial charge in [0.25, 0.3) is 0 Å². The molecule has 3 aromatic carbocycles. The minimum Gasteiger partial charge on any atom is -0.497 e. The highest BCUT2D eigenvalue weighted by Gasteiger charge is 2.32. The third-order valence-electron chi connectivity index (χ3n) is 5.66. The molecule has 1 aliphatic rings. The predicted octanol–water partition coefficient (Wildman–Crippen LogP) is 3.48. The normalized spacial score (nSPS) is 14.9. The van der Waals surface area contributed by atoms with Gasteiger partial charge in [-0.1, -0.05) is 30.3 Å². The van der Waals surface area contributed by atoms with Crippen LogP contribution < -0.4 is 9.47 Å². The van der Waals surface area contributed by atoms with Crippen LogP contribution >= 0.6 is 11.8 Å². The summed E-state index contributed by atoms with van der Waals surface area (Å²) in [6.07, 6.45) is 0. The maximum atomic E-state index is 13.2. The van der Waals surface area contributed by atoms with E-state index in [0.29, 0.717) is 24.6 Å². The lowest BCUT2D eigenvalue weighted by atomic mass is 10.1. The number of amides is 1. The summed E-state index contributed by atoms with van der Waals surface area (Å²) in [7, 11) is -0.858. The van der Waals surface area contributed by atoms with E-state index < -0.39 is 10.0 Å². The zero-order valence-corrected chi connectivity index (χ0v) is 20.2. The number of piperazine rings is 1. The van der Waals surface area contributed by atoms with Crippen molar-refractivity contribution in [2.45, 2.75) is 9.79 Å². The van der Waals surface area contributed by atoms with Gasteiger partial charge < -0.3 is 14.4 Å². The molecule has 7 nitrogen and oxygen atoms in total. The maximum Gasteiger partial charge on any atom is 0.247 e. The van der Waals surface area contributed by atoms with Crippen LogP contribution in [0.2, 0.25) is 0 Å². The van der Waals surface area contributed by atoms with Gasteiger partial charge in [0.2, 0.25) is 15.9 Å². The van der Waals surface area contributed by atoms with Gasteiger partial charge in [0.1, 0.15) is 16.4 Å². The molecule has 1 heterocycles. The molecule has 1 saturated heterocycles. The molecule has 1 amide bonds. The lowest BCUT2D eigenvalue weighted by Gasteiger charge is -2.34. The Balaban J connectivity index is 1.37. The number of thioether (sulfide) groups is 1. The van der Waals surface area contributed by atoms with Crippen molar-refractivity contribution in [2.75, 3.05) is 46.2 Å². The highest BCUT2D eigenvalue weighted by atomic mass is 32.2. The number of ether oxygens (including phenoxy) is 2. The number of rotatable bonds is 7. The quantitative estimate of drug-likeness (QED) is 0.476. The topological polar surface area (TPSA) is 76.2 Å². The van der Waals surface area contributed by atoms with Crippen molar-refractivity contribution in [2.24, 2.45) is 0 Å². The van der Waals surface area contributed by atoms with Crippen molar-refractivity contribution >= 4 is 38.5 Å². The molecule has 0 atom stereocenters. The van der Waals surface area contributed by atoms with Crippen molar-refractivity contribution in [3.8, 4) is 11.5 Å². The van der Waals surface area contributed by atoms with E-state index in [1.807, 2.05) is 18.2 Å². The summed E-state index contributed by atoms with van der Waals surface area (Å²) in [6, 6.07) is 19.0. The van der Waals surface area contributed by atoms with Crippen LogP contribution in [0, 0.1) is 0 Å². The average molecular weight is 487 g/mol. The molecule has 0 bridgehead atoms. The third-order valence-corrected chi connectivity index (χ3v) is 8.56. The Morgan fingerprint density at radius 3 is 2.33 bits per heavy atom. The molecular weight excluding hydrogens is 460 g/mol. The van der Waals surface area contributed by atoms with Crippen LogP contribution in [-0.2, 0) is 14.8 Å². The summed E-state index contributed by atoms with van der Waals surface area (Å²) in [6.45, 7) is 1.16. The van der Waals surface area contributed by atoms with Crippen molar-refractivity contribution in [1.29, 1.82) is 0 Å². The largest absolute Gasteiger partial charge is 0.497 e. The molecule has 1 fully saturated rings. The van der Waals surface area contributed by atoms with E-state index in [2.05, 4.69) is 24.3 Å². The lowest BCUT2D eigenvalue weighted by molar-refractivity contribution is -0.129. The molecule has 0 aliphatic carbocycles. The Bertz CT molecular complexity index is 1250. The van der Waals surface area contributed by atoms with E-state index in [4.69, 9.17) is 9.47 Å². The van der Waals surface area contributed by atoms with E-state index in [1.54, 1.807) is 17.0 Å². The minimum absolute atomic E-state index is 0.00386. The zero-order chi connectivity index (χ0) is 23.4. The van der Waals surface area contributed by atoms with E-state index in [9.17, 15) is 13.2 Å². The first-order valence-corrected chi connectivity index (χ1v) is 13.0. The number of benzene rings is 3. The van der Waals surface area contributed by atoms with Crippen LogP contribution in [0.1, 0.15) is 0 Å². The Morgan fingerprint density at radius 2 is 1.64 bits per heavy atom. The SMILES string of the molecule is COc1ccc(OC)c(S(=O)(=O)N2CCN(C(=O)CSc3ccc4ccccc4c3)CC2)c1. The van der Waals surface area contributed by atoms with Crippen LogP contribution in [0.4, 0.5) is 0 Å². The van der Waals surface area contributed by atoms with E-state index in [1.165, 1.54) is 36.4 Å². The second-order valence-electron chi connectivity index (χ2n) is 7.60. The number of nitrogens with zero attached hydrogens (tertiary/aromatic N) is 2. The number of fused-ring (bicyclic) bond motifs is 1. The van der Waals surface area contributed by atoms with Crippen LogP contribution in [0.5, 0.6) is 11.5 Å². The number of methoxy groups -OCH3 is 2. The van der Waals surface area contributed by atoms with Crippen LogP contribution in [0.25, 0.3) is 10.8 Å². The van der Waals surface area contributed by atoms with E-state index in [-0.39, 0.29) is 29.6 Å². The number of sulfonamides is 1. The van der Waals surface area contributed by atoms with E-state index >= 15 is 0 Å². The van der Waals surface area contributed by atoms with Gasteiger partial charge in [0.05, 0.1) is 20.0 Å². The zero-order valence-electron chi connectivity index (χ0n) is 18.6.